The Morgan fingerprint density at radius 3 is 2.20 bits per heavy atom. The molecular weight excluding hydrogens is 632 g/mol. The van der Waals surface area contributed by atoms with Crippen LogP contribution in [-0.4, -0.2) is 75.1 Å². The lowest BCUT2D eigenvalue weighted by Gasteiger charge is -2.58. The van der Waals surface area contributed by atoms with Crippen molar-refractivity contribution in [2.45, 2.75) is 84.8 Å². The Hall–Kier alpha value is -3.80. The second-order valence-corrected chi connectivity index (χ2v) is 15.0. The molecule has 11 nitrogen and oxygen atoms in total. The van der Waals surface area contributed by atoms with Crippen LogP contribution in [0.4, 0.5) is 0 Å². The summed E-state index contributed by atoms with van der Waals surface area (Å²) < 4.78 is 43.2. The summed E-state index contributed by atoms with van der Waals surface area (Å²) in [4.78, 5) is 53.6. The van der Waals surface area contributed by atoms with E-state index in [4.69, 9.17) is 33.2 Å². The quantitative estimate of drug-likeness (QED) is 0.278. The average Bonchev–Trinajstić information content (AvgIpc) is 3.60. The Morgan fingerprint density at radius 1 is 0.959 bits per heavy atom. The molecule has 3 saturated heterocycles. The van der Waals surface area contributed by atoms with Gasteiger partial charge in [-0.3, -0.25) is 9.59 Å². The minimum Gasteiger partial charge on any atom is -0.469 e. The van der Waals surface area contributed by atoms with Gasteiger partial charge in [0, 0.05) is 31.3 Å². The average molecular weight is 679 g/mol. The van der Waals surface area contributed by atoms with Gasteiger partial charge in [-0.1, -0.05) is 77.1 Å². The van der Waals surface area contributed by atoms with E-state index in [1.165, 1.54) is 21.1 Å². The molecule has 2 aromatic carbocycles. The zero-order valence-corrected chi connectivity index (χ0v) is 29.3. The lowest BCUT2D eigenvalue weighted by atomic mass is 9.46. The molecule has 0 aromatic heterocycles. The fourth-order valence-electron chi connectivity index (χ4n) is 9.89. The van der Waals surface area contributed by atoms with E-state index in [-0.39, 0.29) is 12.2 Å². The van der Waals surface area contributed by atoms with Crippen LogP contribution in [0.25, 0.3) is 11.1 Å². The van der Waals surface area contributed by atoms with E-state index in [9.17, 15) is 19.2 Å². The molecule has 1 aliphatic carbocycles. The van der Waals surface area contributed by atoms with Crippen molar-refractivity contribution in [2.75, 3.05) is 20.8 Å². The number of rotatable bonds is 7. The molecule has 4 fully saturated rings. The molecule has 11 heteroatoms. The summed E-state index contributed by atoms with van der Waals surface area (Å²) in [5.41, 5.74) is -2.27. The second-order valence-electron chi connectivity index (χ2n) is 15.0. The Kier molecular flexibility index (Phi) is 8.95. The maximum absolute atomic E-state index is 14.0. The molecule has 2 aromatic rings. The van der Waals surface area contributed by atoms with Crippen molar-refractivity contribution in [2.24, 2.45) is 34.0 Å². The fourth-order valence-corrected chi connectivity index (χ4v) is 9.89. The highest BCUT2D eigenvalue weighted by Crippen LogP contribution is 2.77. The van der Waals surface area contributed by atoms with Crippen molar-refractivity contribution in [3.63, 3.8) is 0 Å². The Morgan fingerprint density at radius 2 is 1.61 bits per heavy atom. The van der Waals surface area contributed by atoms with Gasteiger partial charge in [0.25, 0.3) is 0 Å². The number of hydrogen-bond donors (Lipinski definition) is 0. The first-order valence-corrected chi connectivity index (χ1v) is 16.8. The van der Waals surface area contributed by atoms with Gasteiger partial charge in [-0.25, -0.2) is 9.59 Å². The van der Waals surface area contributed by atoms with E-state index in [1.54, 1.807) is 19.1 Å². The summed E-state index contributed by atoms with van der Waals surface area (Å²) in [5, 5.41) is 0. The first kappa shape index (κ1) is 35.0. The van der Waals surface area contributed by atoms with Crippen molar-refractivity contribution < 1.29 is 52.3 Å². The zero-order valence-electron chi connectivity index (χ0n) is 29.3. The highest BCUT2D eigenvalue weighted by molar-refractivity contribution is 5.90. The molecule has 0 radical (unpaired) electrons. The summed E-state index contributed by atoms with van der Waals surface area (Å²) in [7, 11) is 2.77. The Labute approximate surface area is 286 Å². The second kappa shape index (κ2) is 12.5. The van der Waals surface area contributed by atoms with E-state index >= 15 is 0 Å². The van der Waals surface area contributed by atoms with Crippen molar-refractivity contribution in [1.29, 1.82) is 0 Å². The minimum absolute atomic E-state index is 0.188. The summed E-state index contributed by atoms with van der Waals surface area (Å²) in [6.07, 6.45) is -3.77. The molecular formula is C38H46O11. The standard InChI is InChI=1S/C38H46O11/c1-21(30(40)44-8)26-18-19-36(6)37-28(35(3,4)5)27(46-22(2)39)20-45-34(38(26,36)49-33(37)48-32(42)29(37)43-7)47-31(41)25-16-14-24(15-17-25)23-12-10-9-11-13-23/h9-17,21,26-29,33-34H,18-20H2,1-8H3/t21?,26-,27+,28+,29+,33?,34+,36?,37?,38?/m1/s1. The number of esters is 4. The third-order valence-electron chi connectivity index (χ3n) is 11.6. The van der Waals surface area contributed by atoms with Crippen LogP contribution in [-0.2, 0) is 47.5 Å². The third-order valence-corrected chi connectivity index (χ3v) is 11.6. The molecule has 10 atom stereocenters. The van der Waals surface area contributed by atoms with Crippen LogP contribution in [0.2, 0.25) is 0 Å². The third kappa shape index (κ3) is 5.10. The Balaban J connectivity index is 1.52. The van der Waals surface area contributed by atoms with Gasteiger partial charge < -0.3 is 33.2 Å². The molecule has 3 aliphatic heterocycles. The lowest BCUT2D eigenvalue weighted by Crippen LogP contribution is -2.69. The molecule has 2 bridgehead atoms. The topological polar surface area (TPSA) is 133 Å². The molecule has 5 unspecified atom stereocenters. The molecule has 49 heavy (non-hydrogen) atoms. The van der Waals surface area contributed by atoms with Gasteiger partial charge in [0.1, 0.15) is 11.7 Å². The molecule has 4 aliphatic rings. The number of methoxy groups -OCH3 is 2. The predicted octanol–water partition coefficient (Wildman–Crippen LogP) is 5.34. The summed E-state index contributed by atoms with van der Waals surface area (Å²) in [6, 6.07) is 16.8. The molecule has 6 rings (SSSR count). The molecule has 1 spiro atoms. The van der Waals surface area contributed by atoms with Crippen LogP contribution >= 0.6 is 0 Å². The van der Waals surface area contributed by atoms with Gasteiger partial charge in [-0.2, -0.15) is 0 Å². The van der Waals surface area contributed by atoms with Crippen molar-refractivity contribution in [1.82, 2.24) is 0 Å². The maximum Gasteiger partial charge on any atom is 0.340 e. The molecule has 0 N–H and O–H groups in total. The first-order chi connectivity index (χ1) is 23.2. The van der Waals surface area contributed by atoms with Crippen molar-refractivity contribution in [3.8, 4) is 11.1 Å². The fraction of sp³-hybridized carbons (Fsp3) is 0.579. The Bertz CT molecular complexity index is 1600. The van der Waals surface area contributed by atoms with E-state index < -0.39 is 88.3 Å². The monoisotopic (exact) mass is 678 g/mol. The van der Waals surface area contributed by atoms with Gasteiger partial charge in [-0.05, 0) is 41.5 Å². The number of carbonyl (C=O) groups is 4. The molecule has 264 valence electrons. The molecule has 0 amide bonds. The van der Waals surface area contributed by atoms with Crippen molar-refractivity contribution in [3.05, 3.63) is 60.2 Å². The smallest absolute Gasteiger partial charge is 0.340 e. The van der Waals surface area contributed by atoms with E-state index in [0.29, 0.717) is 12.8 Å². The van der Waals surface area contributed by atoms with Gasteiger partial charge in [0.2, 0.25) is 12.6 Å². The SMILES string of the molecule is COC(=O)C(C)[C@H]1CCC2(C)C13OC1OC(=O)[C@H](OC)C12[C@H](C(C)(C)C)[C@@H](OC(C)=O)CO[C@H]3OC(=O)c1ccc(-c2ccccc2)cc1. The summed E-state index contributed by atoms with van der Waals surface area (Å²) >= 11 is 0. The first-order valence-electron chi connectivity index (χ1n) is 16.8. The van der Waals surface area contributed by atoms with Crippen LogP contribution in [0.15, 0.2) is 54.6 Å². The number of ether oxygens (including phenoxy) is 7. The van der Waals surface area contributed by atoms with Crippen molar-refractivity contribution >= 4 is 23.9 Å². The lowest BCUT2D eigenvalue weighted by molar-refractivity contribution is -0.295. The predicted molar refractivity (Wildman–Crippen MR) is 174 cm³/mol. The van der Waals surface area contributed by atoms with Gasteiger partial charge in [-0.15, -0.1) is 0 Å². The van der Waals surface area contributed by atoms with Crippen LogP contribution < -0.4 is 0 Å². The zero-order chi connectivity index (χ0) is 35.5. The maximum atomic E-state index is 14.0. The highest BCUT2D eigenvalue weighted by atomic mass is 16.8. The molecule has 1 saturated carbocycles. The van der Waals surface area contributed by atoms with E-state index in [2.05, 4.69) is 0 Å². The van der Waals surface area contributed by atoms with Crippen LogP contribution in [0.5, 0.6) is 0 Å². The summed E-state index contributed by atoms with van der Waals surface area (Å²) in [6.45, 7) is 10.9. The van der Waals surface area contributed by atoms with Crippen LogP contribution in [0.1, 0.15) is 64.7 Å². The highest BCUT2D eigenvalue weighted by Gasteiger charge is 2.88. The normalized spacial score (nSPS) is 35.6. The minimum atomic E-state index is -1.51. The molecule has 3 heterocycles. The largest absolute Gasteiger partial charge is 0.469 e. The van der Waals surface area contributed by atoms with Crippen LogP contribution in [0.3, 0.4) is 0 Å². The van der Waals surface area contributed by atoms with Gasteiger partial charge in [0.05, 0.1) is 30.6 Å². The summed E-state index contributed by atoms with van der Waals surface area (Å²) in [5.74, 6) is -4.19. The van der Waals surface area contributed by atoms with Gasteiger partial charge >= 0.3 is 23.9 Å². The van der Waals surface area contributed by atoms with E-state index in [0.717, 1.165) is 11.1 Å². The number of hydrogen-bond acceptors (Lipinski definition) is 11. The van der Waals surface area contributed by atoms with E-state index in [1.807, 2.05) is 70.2 Å². The number of carbonyl (C=O) groups excluding carboxylic acids is 4. The van der Waals surface area contributed by atoms with Crippen LogP contribution in [0, 0.1) is 34.0 Å². The number of benzene rings is 2. The van der Waals surface area contributed by atoms with Gasteiger partial charge in [0.15, 0.2) is 6.10 Å².